The van der Waals surface area contributed by atoms with Crippen LogP contribution in [0.15, 0.2) is 66.7 Å². The van der Waals surface area contributed by atoms with E-state index in [1.807, 2.05) is 0 Å². The van der Waals surface area contributed by atoms with Gasteiger partial charge in [0.05, 0.1) is 18.2 Å². The van der Waals surface area contributed by atoms with Crippen molar-refractivity contribution in [1.29, 1.82) is 0 Å². The maximum Gasteiger partial charge on any atom is 0.417 e. The lowest BCUT2D eigenvalue weighted by atomic mass is 9.95. The second-order valence-corrected chi connectivity index (χ2v) is 6.93. The summed E-state index contributed by atoms with van der Waals surface area (Å²) in [6.45, 7) is 0. The van der Waals surface area contributed by atoms with Gasteiger partial charge in [-0.1, -0.05) is 48.4 Å². The molecule has 0 spiro atoms. The summed E-state index contributed by atoms with van der Waals surface area (Å²) in [6.07, 6.45) is 0.754. The Labute approximate surface area is 187 Å². The van der Waals surface area contributed by atoms with Crippen molar-refractivity contribution in [2.75, 3.05) is 7.11 Å². The van der Waals surface area contributed by atoms with Crippen molar-refractivity contribution in [3.8, 4) is 58.0 Å². The molecule has 0 atom stereocenters. The highest BCUT2D eigenvalue weighted by Gasteiger charge is 2.36. The van der Waals surface area contributed by atoms with E-state index < -0.39 is 23.1 Å². The third kappa shape index (κ3) is 4.34. The number of phenolic OH excluding ortho intramolecular Hbond substituents is 1. The Balaban J connectivity index is 0.000000367. The zero-order valence-corrected chi connectivity index (χ0v) is 17.3. The number of nitrogens with zero attached hydrogens (tertiary/aromatic N) is 3. The summed E-state index contributed by atoms with van der Waals surface area (Å²) in [5.41, 5.74) is 2.08. The summed E-state index contributed by atoms with van der Waals surface area (Å²) in [5, 5.41) is 10.1. The minimum atomic E-state index is -4.72. The van der Waals surface area contributed by atoms with Crippen LogP contribution in [-0.2, 0) is 6.18 Å². The fourth-order valence-corrected chi connectivity index (χ4v) is 3.16. The number of hydrogen-bond donors (Lipinski definition) is 1. The van der Waals surface area contributed by atoms with Gasteiger partial charge in [0, 0.05) is 11.1 Å². The molecular weight excluding hydrogens is 431 g/mol. The van der Waals surface area contributed by atoms with Crippen LogP contribution in [0, 0.1) is 12.3 Å². The largest absolute Gasteiger partial charge is 0.507 e. The van der Waals surface area contributed by atoms with Crippen LogP contribution in [-0.4, -0.2) is 27.2 Å². The maximum atomic E-state index is 13.4. The molecule has 0 fully saturated rings. The van der Waals surface area contributed by atoms with Crippen molar-refractivity contribution in [2.45, 2.75) is 6.18 Å². The number of halogens is 3. The smallest absolute Gasteiger partial charge is 0.417 e. The van der Waals surface area contributed by atoms with Gasteiger partial charge >= 0.3 is 12.2 Å². The number of hydrogen-bond acceptors (Lipinski definition) is 5. The van der Waals surface area contributed by atoms with Gasteiger partial charge in [0.15, 0.2) is 11.6 Å². The number of terminal acetylenes is 1. The van der Waals surface area contributed by atoms with Gasteiger partial charge in [0.1, 0.15) is 5.75 Å². The summed E-state index contributed by atoms with van der Waals surface area (Å²) in [5.74, 6) is 1.50. The molecule has 0 saturated heterocycles. The van der Waals surface area contributed by atoms with E-state index in [-0.39, 0.29) is 17.7 Å². The van der Waals surface area contributed by atoms with Gasteiger partial charge in [-0.3, -0.25) is 0 Å². The van der Waals surface area contributed by atoms with Crippen LogP contribution in [0.4, 0.5) is 13.2 Å². The Hall–Kier alpha value is -4.38. The van der Waals surface area contributed by atoms with Crippen molar-refractivity contribution in [2.24, 2.45) is 0 Å². The van der Waals surface area contributed by atoms with E-state index in [0.29, 0.717) is 11.1 Å². The molecule has 164 valence electrons. The zero-order chi connectivity index (χ0) is 23.6. The van der Waals surface area contributed by atoms with E-state index >= 15 is 0 Å². The van der Waals surface area contributed by atoms with Gasteiger partial charge < -0.3 is 9.84 Å². The molecule has 5 rings (SSSR count). The molecule has 0 amide bonds. The van der Waals surface area contributed by atoms with Crippen molar-refractivity contribution in [1.82, 2.24) is 15.0 Å². The molecule has 3 aromatic rings. The molecule has 0 saturated carbocycles. The average Bonchev–Trinajstić information content (AvgIpc) is 2.80. The average molecular weight is 447 g/mol. The highest BCUT2D eigenvalue weighted by molar-refractivity contribution is 5.75. The molecule has 0 unspecified atom stereocenters. The summed E-state index contributed by atoms with van der Waals surface area (Å²) >= 11 is 0. The van der Waals surface area contributed by atoms with Crippen molar-refractivity contribution < 1.29 is 23.0 Å². The fourth-order valence-electron chi connectivity index (χ4n) is 3.16. The van der Waals surface area contributed by atoms with E-state index in [1.54, 1.807) is 24.3 Å². The molecule has 8 heteroatoms. The first kappa shape index (κ1) is 21.8. The SMILES string of the molecule is C#Cc1ccccc1-c1nc(OC)nc(-c2c(O)cccc2C(F)(F)F)n1.c1cc2ccc1-2. The molecule has 2 aromatic carbocycles. The Morgan fingerprint density at radius 2 is 1.48 bits per heavy atom. The van der Waals surface area contributed by atoms with Crippen LogP contribution in [0.1, 0.15) is 11.1 Å². The van der Waals surface area contributed by atoms with Gasteiger partial charge in [0.2, 0.25) is 0 Å². The van der Waals surface area contributed by atoms with Crippen molar-refractivity contribution >= 4 is 0 Å². The Morgan fingerprint density at radius 1 is 0.848 bits per heavy atom. The van der Waals surface area contributed by atoms with Crippen LogP contribution in [0.2, 0.25) is 0 Å². The minimum absolute atomic E-state index is 0.0294. The van der Waals surface area contributed by atoms with E-state index in [1.165, 1.54) is 18.2 Å². The molecular formula is C25H16F3N3O2. The molecule has 33 heavy (non-hydrogen) atoms. The van der Waals surface area contributed by atoms with E-state index in [0.717, 1.165) is 18.2 Å². The number of benzene rings is 3. The Kier molecular flexibility index (Phi) is 5.71. The zero-order valence-electron chi connectivity index (χ0n) is 17.3. The van der Waals surface area contributed by atoms with Gasteiger partial charge in [-0.15, -0.1) is 6.42 Å². The topological polar surface area (TPSA) is 68.1 Å². The number of aromatic hydroxyl groups is 1. The predicted molar refractivity (Wildman–Crippen MR) is 117 cm³/mol. The second kappa shape index (κ2) is 8.63. The van der Waals surface area contributed by atoms with E-state index in [4.69, 9.17) is 11.2 Å². The van der Waals surface area contributed by atoms with E-state index in [2.05, 4.69) is 45.1 Å². The molecule has 5 nitrogen and oxygen atoms in total. The number of fused-ring (bicyclic) bond motifs is 1. The molecule has 1 heterocycles. The first-order valence-electron chi connectivity index (χ1n) is 9.68. The van der Waals surface area contributed by atoms with Crippen LogP contribution in [0.5, 0.6) is 11.8 Å². The maximum absolute atomic E-state index is 13.4. The standard InChI is InChI=1S/C19H12F3N3O2.C6H4/c1-3-11-7-4-5-8-12(11)16-23-17(25-18(24-16)27-2)15-13(19(20,21)22)9-6-10-14(15)26;1-2-6-4-3-5(1)6/h1,4-10,26H,2H3;1-4H. The van der Waals surface area contributed by atoms with Gasteiger partial charge in [0.25, 0.3) is 0 Å². The van der Waals surface area contributed by atoms with Crippen molar-refractivity contribution in [3.05, 3.63) is 77.9 Å². The first-order valence-corrected chi connectivity index (χ1v) is 9.68. The summed E-state index contributed by atoms with van der Waals surface area (Å²) in [7, 11) is 1.27. The minimum Gasteiger partial charge on any atom is -0.507 e. The highest BCUT2D eigenvalue weighted by Crippen LogP contribution is 2.41. The number of ether oxygens (including phenoxy) is 1. The number of alkyl halides is 3. The molecule has 2 aliphatic carbocycles. The molecule has 1 aromatic heterocycles. The monoisotopic (exact) mass is 447 g/mol. The highest BCUT2D eigenvalue weighted by atomic mass is 19.4. The lowest BCUT2D eigenvalue weighted by molar-refractivity contribution is -0.137. The van der Waals surface area contributed by atoms with Crippen molar-refractivity contribution in [3.63, 3.8) is 0 Å². The van der Waals surface area contributed by atoms with Crippen LogP contribution in [0.3, 0.4) is 0 Å². The van der Waals surface area contributed by atoms with E-state index in [9.17, 15) is 18.3 Å². The predicted octanol–water partition coefficient (Wildman–Crippen LogP) is 5.59. The molecule has 2 aliphatic rings. The normalized spacial score (nSPS) is 11.1. The number of phenols is 1. The number of aromatic nitrogens is 3. The molecule has 0 bridgehead atoms. The lowest BCUT2D eigenvalue weighted by Crippen LogP contribution is -2.09. The third-order valence-corrected chi connectivity index (χ3v) is 4.91. The molecule has 1 N–H and O–H groups in total. The van der Waals surface area contributed by atoms with Crippen LogP contribution >= 0.6 is 0 Å². The summed E-state index contributed by atoms with van der Waals surface area (Å²) in [6, 6.07) is 18.0. The third-order valence-electron chi connectivity index (χ3n) is 4.91. The summed E-state index contributed by atoms with van der Waals surface area (Å²) in [4.78, 5) is 12.1. The summed E-state index contributed by atoms with van der Waals surface area (Å²) < 4.78 is 45.2. The number of methoxy groups -OCH3 is 1. The van der Waals surface area contributed by atoms with Gasteiger partial charge in [-0.2, -0.15) is 23.1 Å². The fraction of sp³-hybridized carbons (Fsp3) is 0.0800. The lowest BCUT2D eigenvalue weighted by Gasteiger charge is -2.14. The van der Waals surface area contributed by atoms with Crippen LogP contribution in [0.25, 0.3) is 33.9 Å². The van der Waals surface area contributed by atoms with Gasteiger partial charge in [-0.05, 0) is 35.4 Å². The Bertz CT molecular complexity index is 1340. The molecule has 0 aliphatic heterocycles. The Morgan fingerprint density at radius 3 is 2.03 bits per heavy atom. The van der Waals surface area contributed by atoms with Gasteiger partial charge in [-0.25, -0.2) is 4.98 Å². The first-order chi connectivity index (χ1) is 15.8. The number of rotatable bonds is 3. The quantitative estimate of drug-likeness (QED) is 0.366. The molecule has 0 radical (unpaired) electrons. The second-order valence-electron chi connectivity index (χ2n) is 6.93. The van der Waals surface area contributed by atoms with Crippen LogP contribution < -0.4 is 4.74 Å².